The maximum atomic E-state index is 5.96. The van der Waals surface area contributed by atoms with Gasteiger partial charge in [0.1, 0.15) is 0 Å². The molecule has 0 amide bonds. The summed E-state index contributed by atoms with van der Waals surface area (Å²) in [6.45, 7) is 2.85. The third-order valence-corrected chi connectivity index (χ3v) is 4.34. The summed E-state index contributed by atoms with van der Waals surface area (Å²) in [5, 5.41) is 0. The van der Waals surface area contributed by atoms with Gasteiger partial charge in [0.2, 0.25) is 0 Å². The van der Waals surface area contributed by atoms with Crippen LogP contribution >= 0.6 is 15.9 Å². The summed E-state index contributed by atoms with van der Waals surface area (Å²) in [7, 11) is 0. The molecule has 1 unspecified atom stereocenters. The largest absolute Gasteiger partial charge is 0.330 e. The molecule has 0 heterocycles. The van der Waals surface area contributed by atoms with Crippen molar-refractivity contribution in [1.82, 2.24) is 0 Å². The van der Waals surface area contributed by atoms with Crippen LogP contribution in [0.3, 0.4) is 0 Å². The minimum Gasteiger partial charge on any atom is -0.330 e. The summed E-state index contributed by atoms with van der Waals surface area (Å²) in [6, 6.07) is 17.2. The Balaban J connectivity index is 2.17. The zero-order valence-electron chi connectivity index (χ0n) is 11.3. The van der Waals surface area contributed by atoms with Crippen LogP contribution in [0, 0.1) is 0 Å². The van der Waals surface area contributed by atoms with E-state index in [0.717, 1.165) is 12.8 Å². The van der Waals surface area contributed by atoms with Gasteiger partial charge in [0, 0.05) is 10.4 Å². The summed E-state index contributed by atoms with van der Waals surface area (Å²) in [4.78, 5) is 0. The first-order valence-corrected chi connectivity index (χ1v) is 7.56. The molecule has 0 spiro atoms. The summed E-state index contributed by atoms with van der Waals surface area (Å²) < 4.78 is 1.17. The van der Waals surface area contributed by atoms with Crippen molar-refractivity contribution < 1.29 is 0 Å². The Kier molecular flexibility index (Phi) is 5.17. The normalized spacial score (nSPS) is 12.4. The zero-order valence-corrected chi connectivity index (χ0v) is 12.9. The van der Waals surface area contributed by atoms with Crippen LogP contribution < -0.4 is 5.73 Å². The second-order valence-electron chi connectivity index (χ2n) is 4.82. The molecule has 1 atom stereocenters. The fraction of sp³-hybridized carbons (Fsp3) is 0.294. The Hall–Kier alpha value is -1.12. The zero-order chi connectivity index (χ0) is 13.7. The van der Waals surface area contributed by atoms with Crippen LogP contribution in [0.15, 0.2) is 53.0 Å². The SMILES string of the molecule is CCc1ccc(C(CN)Cc2ccccc2Br)cc1. The van der Waals surface area contributed by atoms with E-state index in [1.54, 1.807) is 0 Å². The molecule has 1 nitrogen and oxygen atoms in total. The lowest BCUT2D eigenvalue weighted by molar-refractivity contribution is 0.692. The van der Waals surface area contributed by atoms with Crippen LogP contribution in [0.5, 0.6) is 0 Å². The average Bonchev–Trinajstić information content (AvgIpc) is 2.47. The van der Waals surface area contributed by atoms with Crippen LogP contribution in [-0.2, 0) is 12.8 Å². The molecule has 19 heavy (non-hydrogen) atoms. The summed E-state index contributed by atoms with van der Waals surface area (Å²) in [5.74, 6) is 0.379. The summed E-state index contributed by atoms with van der Waals surface area (Å²) in [5.41, 5.74) is 9.98. The second kappa shape index (κ2) is 6.88. The molecule has 100 valence electrons. The average molecular weight is 318 g/mol. The minimum atomic E-state index is 0.379. The molecule has 2 aromatic carbocycles. The van der Waals surface area contributed by atoms with Crippen molar-refractivity contribution in [2.45, 2.75) is 25.7 Å². The molecule has 0 radical (unpaired) electrons. The van der Waals surface area contributed by atoms with Crippen LogP contribution in [-0.4, -0.2) is 6.54 Å². The lowest BCUT2D eigenvalue weighted by atomic mass is 9.91. The molecule has 0 saturated heterocycles. The highest BCUT2D eigenvalue weighted by Gasteiger charge is 2.12. The molecular weight excluding hydrogens is 298 g/mol. The molecule has 0 aliphatic heterocycles. The number of rotatable bonds is 5. The highest BCUT2D eigenvalue weighted by molar-refractivity contribution is 9.10. The molecule has 0 bridgehead atoms. The fourth-order valence-corrected chi connectivity index (χ4v) is 2.74. The quantitative estimate of drug-likeness (QED) is 0.874. The van der Waals surface area contributed by atoms with Crippen molar-refractivity contribution in [3.63, 3.8) is 0 Å². The Morgan fingerprint density at radius 2 is 1.74 bits per heavy atom. The third kappa shape index (κ3) is 3.68. The van der Waals surface area contributed by atoms with E-state index in [0.29, 0.717) is 12.5 Å². The summed E-state index contributed by atoms with van der Waals surface area (Å²) in [6.07, 6.45) is 2.06. The number of hydrogen-bond acceptors (Lipinski definition) is 1. The molecular formula is C17H20BrN. The van der Waals surface area contributed by atoms with E-state index in [1.165, 1.54) is 21.2 Å². The number of nitrogens with two attached hydrogens (primary N) is 1. The van der Waals surface area contributed by atoms with Gasteiger partial charge in [-0.05, 0) is 42.1 Å². The van der Waals surface area contributed by atoms with Gasteiger partial charge in [0.25, 0.3) is 0 Å². The van der Waals surface area contributed by atoms with Gasteiger partial charge in [0.05, 0.1) is 0 Å². The van der Waals surface area contributed by atoms with Crippen molar-refractivity contribution in [2.75, 3.05) is 6.54 Å². The number of hydrogen-bond donors (Lipinski definition) is 1. The Bertz CT molecular complexity index is 519. The van der Waals surface area contributed by atoms with E-state index in [2.05, 4.69) is 65.3 Å². The van der Waals surface area contributed by atoms with E-state index >= 15 is 0 Å². The molecule has 2 heteroatoms. The molecule has 0 fully saturated rings. The molecule has 2 N–H and O–H groups in total. The Morgan fingerprint density at radius 3 is 2.32 bits per heavy atom. The topological polar surface area (TPSA) is 26.0 Å². The van der Waals surface area contributed by atoms with Crippen LogP contribution in [0.25, 0.3) is 0 Å². The smallest absolute Gasteiger partial charge is 0.0207 e. The predicted octanol–water partition coefficient (Wildman–Crippen LogP) is 4.30. The third-order valence-electron chi connectivity index (χ3n) is 3.57. The molecule has 0 aliphatic carbocycles. The number of aryl methyl sites for hydroxylation is 1. The Morgan fingerprint density at radius 1 is 1.05 bits per heavy atom. The highest BCUT2D eigenvalue weighted by Crippen LogP contribution is 2.25. The van der Waals surface area contributed by atoms with Crippen molar-refractivity contribution in [3.8, 4) is 0 Å². The van der Waals surface area contributed by atoms with Crippen molar-refractivity contribution >= 4 is 15.9 Å². The van der Waals surface area contributed by atoms with Crippen molar-refractivity contribution in [3.05, 3.63) is 69.7 Å². The van der Waals surface area contributed by atoms with Gasteiger partial charge in [-0.3, -0.25) is 0 Å². The van der Waals surface area contributed by atoms with E-state index in [-0.39, 0.29) is 0 Å². The van der Waals surface area contributed by atoms with Gasteiger partial charge in [-0.15, -0.1) is 0 Å². The molecule has 0 aliphatic rings. The van der Waals surface area contributed by atoms with Crippen LogP contribution in [0.4, 0.5) is 0 Å². The van der Waals surface area contributed by atoms with E-state index in [9.17, 15) is 0 Å². The predicted molar refractivity (Wildman–Crippen MR) is 85.5 cm³/mol. The molecule has 0 saturated carbocycles. The monoisotopic (exact) mass is 317 g/mol. The van der Waals surface area contributed by atoms with E-state index in [1.807, 2.05) is 6.07 Å². The number of benzene rings is 2. The first kappa shape index (κ1) is 14.3. The second-order valence-corrected chi connectivity index (χ2v) is 5.68. The van der Waals surface area contributed by atoms with Gasteiger partial charge in [0.15, 0.2) is 0 Å². The van der Waals surface area contributed by atoms with E-state index < -0.39 is 0 Å². The lowest BCUT2D eigenvalue weighted by Gasteiger charge is -2.16. The first-order valence-electron chi connectivity index (χ1n) is 6.77. The van der Waals surface area contributed by atoms with Gasteiger partial charge in [-0.25, -0.2) is 0 Å². The van der Waals surface area contributed by atoms with Gasteiger partial charge in [-0.1, -0.05) is 65.3 Å². The molecule has 0 aromatic heterocycles. The van der Waals surface area contributed by atoms with Gasteiger partial charge < -0.3 is 5.73 Å². The van der Waals surface area contributed by atoms with Crippen molar-refractivity contribution in [2.24, 2.45) is 5.73 Å². The van der Waals surface area contributed by atoms with E-state index in [4.69, 9.17) is 5.73 Å². The van der Waals surface area contributed by atoms with Gasteiger partial charge >= 0.3 is 0 Å². The summed E-state index contributed by atoms with van der Waals surface area (Å²) >= 11 is 3.61. The fourth-order valence-electron chi connectivity index (χ4n) is 2.29. The molecule has 2 rings (SSSR count). The van der Waals surface area contributed by atoms with Crippen LogP contribution in [0.2, 0.25) is 0 Å². The maximum absolute atomic E-state index is 5.96. The molecule has 2 aromatic rings. The standard InChI is InChI=1S/C17H20BrN/c1-2-13-7-9-14(10-8-13)16(12-19)11-15-5-3-4-6-17(15)18/h3-10,16H,2,11-12,19H2,1H3. The minimum absolute atomic E-state index is 0.379. The highest BCUT2D eigenvalue weighted by atomic mass is 79.9. The lowest BCUT2D eigenvalue weighted by Crippen LogP contribution is -2.15. The maximum Gasteiger partial charge on any atom is 0.0207 e. The van der Waals surface area contributed by atoms with Crippen molar-refractivity contribution in [1.29, 1.82) is 0 Å². The van der Waals surface area contributed by atoms with Crippen LogP contribution in [0.1, 0.15) is 29.5 Å². The first-order chi connectivity index (χ1) is 9.24. The van der Waals surface area contributed by atoms with Gasteiger partial charge in [-0.2, -0.15) is 0 Å². The Labute approximate surface area is 124 Å². The number of halogens is 1.